The van der Waals surface area contributed by atoms with E-state index in [0.717, 1.165) is 16.5 Å². The second-order valence-corrected chi connectivity index (χ2v) is 7.92. The summed E-state index contributed by atoms with van der Waals surface area (Å²) in [6.45, 7) is 4.03. The van der Waals surface area contributed by atoms with E-state index in [1.165, 1.54) is 0 Å². The first-order valence-corrected chi connectivity index (χ1v) is 11.1. The summed E-state index contributed by atoms with van der Waals surface area (Å²) >= 11 is 0. The van der Waals surface area contributed by atoms with Crippen LogP contribution in [0.15, 0.2) is 66.7 Å². The largest absolute Gasteiger partial charge is 0.436 e. The van der Waals surface area contributed by atoms with Gasteiger partial charge in [-0.15, -0.1) is 0 Å². The minimum Gasteiger partial charge on any atom is -0.436 e. The maximum atomic E-state index is 12.9. The third-order valence-corrected chi connectivity index (χ3v) is 5.35. The van der Waals surface area contributed by atoms with Crippen LogP contribution in [-0.2, 0) is 20.9 Å². The molecule has 3 aromatic rings. The fraction of sp³-hybridized carbons (Fsp3) is 0.308. The number of nitrogens with one attached hydrogen (secondary N) is 2. The molecule has 3 unspecified atom stereocenters. The monoisotopic (exact) mass is 460 g/mol. The molecule has 0 aliphatic rings. The first kappa shape index (κ1) is 24.7. The van der Waals surface area contributed by atoms with Gasteiger partial charge >= 0.3 is 6.09 Å². The number of nitriles is 1. The van der Waals surface area contributed by atoms with Crippen molar-refractivity contribution in [3.8, 4) is 6.07 Å². The fourth-order valence-corrected chi connectivity index (χ4v) is 3.26. The molecule has 3 atom stereocenters. The molecule has 1 aromatic heterocycles. The molecule has 0 aliphatic heterocycles. The lowest BCUT2D eigenvalue weighted by Gasteiger charge is -2.24. The summed E-state index contributed by atoms with van der Waals surface area (Å²) in [5.74, 6) is -0.498. The number of fused-ring (bicyclic) bond motifs is 1. The van der Waals surface area contributed by atoms with E-state index in [0.29, 0.717) is 18.8 Å². The fourth-order valence-electron chi connectivity index (χ4n) is 3.26. The molecule has 2 N–H and O–H groups in total. The van der Waals surface area contributed by atoms with Crippen molar-refractivity contribution in [2.45, 2.75) is 39.0 Å². The van der Waals surface area contributed by atoms with E-state index in [9.17, 15) is 14.9 Å². The quantitative estimate of drug-likeness (QED) is 0.463. The van der Waals surface area contributed by atoms with Gasteiger partial charge in [-0.25, -0.2) is 9.78 Å². The average molecular weight is 461 g/mol. The number of aromatic nitrogens is 1. The summed E-state index contributed by atoms with van der Waals surface area (Å²) in [5, 5.41) is 15.6. The van der Waals surface area contributed by atoms with Crippen LogP contribution in [0, 0.1) is 17.2 Å². The van der Waals surface area contributed by atoms with Gasteiger partial charge in [0.05, 0.1) is 24.8 Å². The molecule has 8 nitrogen and oxygen atoms in total. The molecule has 2 aromatic carbocycles. The lowest BCUT2D eigenvalue weighted by atomic mass is 10.0. The van der Waals surface area contributed by atoms with Crippen LogP contribution in [0.2, 0.25) is 0 Å². The van der Waals surface area contributed by atoms with Crippen molar-refractivity contribution >= 4 is 28.7 Å². The molecular weight excluding hydrogens is 432 g/mol. The highest BCUT2D eigenvalue weighted by molar-refractivity contribution is 5.90. The summed E-state index contributed by atoms with van der Waals surface area (Å²) < 4.78 is 11.0. The van der Waals surface area contributed by atoms with Crippen molar-refractivity contribution in [3.63, 3.8) is 0 Å². The van der Waals surface area contributed by atoms with Gasteiger partial charge in [-0.3, -0.25) is 10.1 Å². The Morgan fingerprint density at radius 2 is 1.79 bits per heavy atom. The van der Waals surface area contributed by atoms with E-state index in [2.05, 4.69) is 15.6 Å². The molecule has 0 saturated heterocycles. The highest BCUT2D eigenvalue weighted by atomic mass is 16.6. The standard InChI is InChI=1S/C26H28N4O4/c1-3-18(2)24(25(31)28-21(15-27)17-33-16-19-9-5-4-6-10-19)34-26(32)30-23-14-13-20-11-7-8-12-22(20)29-23/h4-14,18,21,24H,3,16-17H2,1-2H3,(H,28,31)(H,29,30,32). The molecule has 0 radical (unpaired) electrons. The number of amides is 2. The lowest BCUT2D eigenvalue weighted by molar-refractivity contribution is -0.132. The van der Waals surface area contributed by atoms with E-state index in [4.69, 9.17) is 9.47 Å². The molecule has 1 heterocycles. The number of carbonyl (C=O) groups is 2. The number of carbonyl (C=O) groups excluding carboxylic acids is 2. The molecular formula is C26H28N4O4. The third-order valence-electron chi connectivity index (χ3n) is 5.35. The highest BCUT2D eigenvalue weighted by Gasteiger charge is 2.30. The zero-order valence-corrected chi connectivity index (χ0v) is 19.2. The van der Waals surface area contributed by atoms with Crippen LogP contribution in [0.5, 0.6) is 0 Å². The summed E-state index contributed by atoms with van der Waals surface area (Å²) in [7, 11) is 0. The number of ether oxygens (including phenoxy) is 2. The van der Waals surface area contributed by atoms with Crippen molar-refractivity contribution in [2.75, 3.05) is 11.9 Å². The molecule has 0 fully saturated rings. The van der Waals surface area contributed by atoms with Crippen molar-refractivity contribution < 1.29 is 19.1 Å². The van der Waals surface area contributed by atoms with Gasteiger partial charge in [0.2, 0.25) is 0 Å². The molecule has 34 heavy (non-hydrogen) atoms. The van der Waals surface area contributed by atoms with E-state index in [-0.39, 0.29) is 12.5 Å². The first-order chi connectivity index (χ1) is 16.5. The van der Waals surface area contributed by atoms with E-state index in [1.54, 1.807) is 13.0 Å². The van der Waals surface area contributed by atoms with E-state index < -0.39 is 24.1 Å². The Kier molecular flexibility index (Phi) is 8.95. The van der Waals surface area contributed by atoms with Crippen molar-refractivity contribution in [1.29, 1.82) is 5.26 Å². The zero-order valence-electron chi connectivity index (χ0n) is 19.2. The van der Waals surface area contributed by atoms with Crippen molar-refractivity contribution in [2.24, 2.45) is 5.92 Å². The Bertz CT molecular complexity index is 1150. The number of nitrogens with zero attached hydrogens (tertiary/aromatic N) is 2. The molecule has 0 saturated carbocycles. The minimum absolute atomic E-state index is 0.0115. The van der Waals surface area contributed by atoms with Gasteiger partial charge in [-0.05, 0) is 30.2 Å². The van der Waals surface area contributed by atoms with Crippen LogP contribution >= 0.6 is 0 Å². The van der Waals surface area contributed by atoms with Crippen LogP contribution in [0.1, 0.15) is 25.8 Å². The number of para-hydroxylation sites is 1. The predicted molar refractivity (Wildman–Crippen MR) is 129 cm³/mol. The van der Waals surface area contributed by atoms with Crippen LogP contribution in [0.25, 0.3) is 10.9 Å². The normalized spacial score (nSPS) is 13.3. The van der Waals surface area contributed by atoms with Crippen LogP contribution in [0.4, 0.5) is 10.6 Å². The Balaban J connectivity index is 1.57. The molecule has 0 aliphatic carbocycles. The van der Waals surface area contributed by atoms with Crippen LogP contribution < -0.4 is 10.6 Å². The minimum atomic E-state index is -1.07. The van der Waals surface area contributed by atoms with Crippen molar-refractivity contribution in [1.82, 2.24) is 10.3 Å². The van der Waals surface area contributed by atoms with Gasteiger partial charge in [0.15, 0.2) is 6.10 Å². The zero-order chi connectivity index (χ0) is 24.3. The number of hydrogen-bond acceptors (Lipinski definition) is 6. The van der Waals surface area contributed by atoms with E-state index in [1.807, 2.05) is 73.7 Å². The topological polar surface area (TPSA) is 113 Å². The number of rotatable bonds is 10. The summed E-state index contributed by atoms with van der Waals surface area (Å²) in [6, 6.07) is 21.7. The Hall–Kier alpha value is -3.96. The van der Waals surface area contributed by atoms with Gasteiger partial charge in [-0.2, -0.15) is 5.26 Å². The molecule has 3 rings (SSSR count). The van der Waals surface area contributed by atoms with Crippen LogP contribution in [-0.4, -0.2) is 35.7 Å². The van der Waals surface area contributed by atoms with Crippen molar-refractivity contribution in [3.05, 3.63) is 72.3 Å². The highest BCUT2D eigenvalue weighted by Crippen LogP contribution is 2.17. The van der Waals surface area contributed by atoms with Crippen LogP contribution in [0.3, 0.4) is 0 Å². The second kappa shape index (κ2) is 12.3. The number of benzene rings is 2. The summed E-state index contributed by atoms with van der Waals surface area (Å²) in [5.41, 5.74) is 1.69. The molecule has 0 spiro atoms. The average Bonchev–Trinajstić information content (AvgIpc) is 2.86. The van der Waals surface area contributed by atoms with Gasteiger partial charge in [0.25, 0.3) is 5.91 Å². The Labute approximate surface area is 198 Å². The Morgan fingerprint density at radius 1 is 1.06 bits per heavy atom. The number of anilines is 1. The summed E-state index contributed by atoms with van der Waals surface area (Å²) in [6.07, 6.45) is -1.27. The second-order valence-electron chi connectivity index (χ2n) is 7.92. The first-order valence-electron chi connectivity index (χ1n) is 11.1. The molecule has 176 valence electrons. The number of pyridine rings is 1. The predicted octanol–water partition coefficient (Wildman–Crippen LogP) is 4.42. The number of hydrogen-bond donors (Lipinski definition) is 2. The van der Waals surface area contributed by atoms with Gasteiger partial charge in [0, 0.05) is 11.3 Å². The molecule has 8 heteroatoms. The van der Waals surface area contributed by atoms with E-state index >= 15 is 0 Å². The summed E-state index contributed by atoms with van der Waals surface area (Å²) in [4.78, 5) is 29.8. The Morgan fingerprint density at radius 3 is 2.53 bits per heavy atom. The molecule has 2 amide bonds. The third kappa shape index (κ3) is 7.02. The maximum absolute atomic E-state index is 12.9. The van der Waals surface area contributed by atoms with Gasteiger partial charge in [-0.1, -0.05) is 62.4 Å². The molecule has 0 bridgehead atoms. The van der Waals surface area contributed by atoms with Gasteiger partial charge < -0.3 is 14.8 Å². The SMILES string of the molecule is CCC(C)C(OC(=O)Nc1ccc2ccccc2n1)C(=O)NC(C#N)COCc1ccccc1. The van der Waals surface area contributed by atoms with Gasteiger partial charge in [0.1, 0.15) is 11.9 Å². The maximum Gasteiger partial charge on any atom is 0.413 e. The smallest absolute Gasteiger partial charge is 0.413 e. The lowest BCUT2D eigenvalue weighted by Crippen LogP contribution is -2.47.